The van der Waals surface area contributed by atoms with E-state index in [4.69, 9.17) is 5.73 Å². The molecule has 1 aliphatic carbocycles. The molecule has 27 heavy (non-hydrogen) atoms. The lowest BCUT2D eigenvalue weighted by molar-refractivity contribution is -0.0925. The van der Waals surface area contributed by atoms with E-state index in [1.807, 2.05) is 0 Å². The fourth-order valence-corrected chi connectivity index (χ4v) is 2.99. The van der Waals surface area contributed by atoms with Crippen LogP contribution in [0, 0.1) is 12.8 Å². The molecule has 2 aromatic rings. The molecule has 0 aliphatic heterocycles. The van der Waals surface area contributed by atoms with Crippen LogP contribution < -0.4 is 11.1 Å². The van der Waals surface area contributed by atoms with Crippen LogP contribution >= 0.6 is 11.3 Å². The molecule has 1 fully saturated rings. The van der Waals surface area contributed by atoms with Gasteiger partial charge in [-0.2, -0.15) is 13.2 Å². The Bertz CT molecular complexity index is 896. The third-order valence-corrected chi connectivity index (χ3v) is 4.83. The van der Waals surface area contributed by atoms with E-state index < -0.39 is 11.9 Å². The lowest BCUT2D eigenvalue weighted by Crippen LogP contribution is -2.21. The summed E-state index contributed by atoms with van der Waals surface area (Å²) in [5.74, 6) is -0.301. The van der Waals surface area contributed by atoms with Crippen molar-refractivity contribution in [1.82, 2.24) is 4.98 Å². The number of thiazole rings is 1. The van der Waals surface area contributed by atoms with Crippen LogP contribution in [0.1, 0.15) is 28.9 Å². The van der Waals surface area contributed by atoms with E-state index in [1.165, 1.54) is 11.3 Å². The lowest BCUT2D eigenvalue weighted by atomic mass is 10.1. The second-order valence-electron chi connectivity index (χ2n) is 6.18. The minimum atomic E-state index is -4.58. The Hall–Kier alpha value is -2.68. The van der Waals surface area contributed by atoms with Gasteiger partial charge in [0.1, 0.15) is 10.7 Å². The molecular formula is C18H17F3N4OS. The Morgan fingerprint density at radius 2 is 2.00 bits per heavy atom. The van der Waals surface area contributed by atoms with Gasteiger partial charge < -0.3 is 11.1 Å². The monoisotopic (exact) mass is 394 g/mol. The Morgan fingerprint density at radius 3 is 2.52 bits per heavy atom. The molecule has 9 heteroatoms. The number of alkyl halides is 3. The Labute approximate surface area is 157 Å². The van der Waals surface area contributed by atoms with E-state index >= 15 is 0 Å². The quantitative estimate of drug-likeness (QED) is 0.728. The van der Waals surface area contributed by atoms with Gasteiger partial charge >= 0.3 is 6.18 Å². The minimum absolute atomic E-state index is 0.0109. The van der Waals surface area contributed by atoms with Crippen LogP contribution in [0.3, 0.4) is 0 Å². The van der Waals surface area contributed by atoms with Crippen LogP contribution in [0.15, 0.2) is 46.5 Å². The van der Waals surface area contributed by atoms with Gasteiger partial charge in [-0.25, -0.2) is 4.98 Å². The Kier molecular flexibility index (Phi) is 5.31. The topological polar surface area (TPSA) is 80.4 Å². The van der Waals surface area contributed by atoms with Gasteiger partial charge in [-0.05, 0) is 50.1 Å². The normalized spacial score (nSPS) is 15.7. The predicted molar refractivity (Wildman–Crippen MR) is 99.4 cm³/mol. The van der Waals surface area contributed by atoms with Crippen molar-refractivity contribution in [2.75, 3.05) is 5.32 Å². The zero-order valence-electron chi connectivity index (χ0n) is 14.4. The number of nitrogens with two attached hydrogens (primary N) is 1. The fourth-order valence-electron chi connectivity index (χ4n) is 2.30. The summed E-state index contributed by atoms with van der Waals surface area (Å²) in [6, 6.07) is 6.33. The molecule has 1 aromatic carbocycles. The first kappa shape index (κ1) is 19.1. The smallest absolute Gasteiger partial charge is 0.395 e. The van der Waals surface area contributed by atoms with Gasteiger partial charge in [0.15, 0.2) is 0 Å². The summed E-state index contributed by atoms with van der Waals surface area (Å²) in [7, 11) is 0. The summed E-state index contributed by atoms with van der Waals surface area (Å²) in [5.41, 5.74) is 7.51. The number of halogens is 3. The number of hydrogen-bond donors (Lipinski definition) is 2. The van der Waals surface area contributed by atoms with Crippen molar-refractivity contribution in [1.29, 1.82) is 0 Å². The number of nitrogens with one attached hydrogen (secondary N) is 1. The standard InChI is InChI=1S/C18H17F3N4OS/c1-10-17(27-9-23-10)25-16(26)12-4-6-13(7-5-12)24-14(11-2-3-11)8-15(22)18(19,20)21/h4-9,11H,2-3,22H2,1H3,(H,25,26). The molecule has 0 bridgehead atoms. The van der Waals surface area contributed by atoms with Crippen molar-refractivity contribution in [2.24, 2.45) is 16.6 Å². The largest absolute Gasteiger partial charge is 0.430 e. The van der Waals surface area contributed by atoms with Crippen LogP contribution in [-0.4, -0.2) is 22.8 Å². The zero-order valence-corrected chi connectivity index (χ0v) is 15.2. The first-order valence-electron chi connectivity index (χ1n) is 8.18. The number of aryl methyl sites for hydroxylation is 1. The first-order chi connectivity index (χ1) is 12.7. The number of allylic oxidation sites excluding steroid dienone is 2. The third kappa shape index (κ3) is 4.94. The van der Waals surface area contributed by atoms with Gasteiger partial charge in [-0.15, -0.1) is 11.3 Å². The summed E-state index contributed by atoms with van der Waals surface area (Å²) in [4.78, 5) is 20.6. The molecule has 0 unspecified atom stereocenters. The van der Waals surface area contributed by atoms with Crippen LogP contribution in [0.25, 0.3) is 0 Å². The number of aromatic nitrogens is 1. The van der Waals surface area contributed by atoms with Crippen molar-refractivity contribution >= 4 is 33.6 Å². The summed E-state index contributed by atoms with van der Waals surface area (Å²) in [6.45, 7) is 1.80. The first-order valence-corrected chi connectivity index (χ1v) is 9.06. The highest BCUT2D eigenvalue weighted by molar-refractivity contribution is 7.14. The third-order valence-electron chi connectivity index (χ3n) is 3.99. The average Bonchev–Trinajstić information content (AvgIpc) is 3.38. The summed E-state index contributed by atoms with van der Waals surface area (Å²) in [5, 5.41) is 3.44. The van der Waals surface area contributed by atoms with Crippen molar-refractivity contribution in [2.45, 2.75) is 25.9 Å². The van der Waals surface area contributed by atoms with E-state index in [1.54, 1.807) is 36.7 Å². The number of aliphatic imine (C=N–C) groups is 1. The summed E-state index contributed by atoms with van der Waals surface area (Å²) < 4.78 is 38.0. The molecular weight excluding hydrogens is 377 g/mol. The van der Waals surface area contributed by atoms with E-state index in [2.05, 4.69) is 15.3 Å². The van der Waals surface area contributed by atoms with Gasteiger partial charge in [0.25, 0.3) is 5.91 Å². The summed E-state index contributed by atoms with van der Waals surface area (Å²) >= 11 is 1.33. The molecule has 1 heterocycles. The number of nitrogens with zero attached hydrogens (tertiary/aromatic N) is 2. The molecule has 1 saturated carbocycles. The molecule has 1 aromatic heterocycles. The van der Waals surface area contributed by atoms with Crippen LogP contribution in [0.5, 0.6) is 0 Å². The van der Waals surface area contributed by atoms with Crippen molar-refractivity contribution < 1.29 is 18.0 Å². The molecule has 1 amide bonds. The molecule has 3 N–H and O–H groups in total. The number of benzene rings is 1. The molecule has 5 nitrogen and oxygen atoms in total. The number of rotatable bonds is 5. The van der Waals surface area contributed by atoms with Gasteiger partial charge in [0, 0.05) is 17.2 Å². The molecule has 0 spiro atoms. The Morgan fingerprint density at radius 1 is 1.33 bits per heavy atom. The van der Waals surface area contributed by atoms with E-state index in [0.717, 1.165) is 24.6 Å². The number of carbonyl (C=O) groups excluding carboxylic acids is 1. The highest BCUT2D eigenvalue weighted by Crippen LogP contribution is 2.34. The van der Waals surface area contributed by atoms with Crippen LogP contribution in [0.2, 0.25) is 0 Å². The highest BCUT2D eigenvalue weighted by atomic mass is 32.1. The van der Waals surface area contributed by atoms with E-state index in [-0.39, 0.29) is 11.8 Å². The van der Waals surface area contributed by atoms with Gasteiger partial charge in [0.05, 0.1) is 16.9 Å². The van der Waals surface area contributed by atoms with Crippen LogP contribution in [-0.2, 0) is 0 Å². The number of amides is 1. The number of anilines is 1. The minimum Gasteiger partial charge on any atom is -0.395 e. The molecule has 142 valence electrons. The molecule has 1 aliphatic rings. The Balaban J connectivity index is 1.76. The van der Waals surface area contributed by atoms with E-state index in [9.17, 15) is 18.0 Å². The molecule has 0 radical (unpaired) electrons. The van der Waals surface area contributed by atoms with Crippen molar-refractivity contribution in [3.05, 3.63) is 52.8 Å². The molecule has 3 rings (SSSR count). The number of hydrogen-bond acceptors (Lipinski definition) is 5. The van der Waals surface area contributed by atoms with Crippen molar-refractivity contribution in [3.63, 3.8) is 0 Å². The second kappa shape index (κ2) is 7.51. The molecule has 0 saturated heterocycles. The SMILES string of the molecule is Cc1ncsc1NC(=O)c1ccc(N=C(C=C(N)C(F)(F)F)C2CC2)cc1. The fraction of sp³-hybridized carbons (Fsp3) is 0.278. The van der Waals surface area contributed by atoms with E-state index in [0.29, 0.717) is 22.0 Å². The van der Waals surface area contributed by atoms with Gasteiger partial charge in [-0.3, -0.25) is 9.79 Å². The average molecular weight is 394 g/mol. The van der Waals surface area contributed by atoms with Crippen LogP contribution in [0.4, 0.5) is 23.9 Å². The maximum atomic E-state index is 12.7. The maximum Gasteiger partial charge on any atom is 0.430 e. The highest BCUT2D eigenvalue weighted by Gasteiger charge is 2.34. The van der Waals surface area contributed by atoms with Crippen molar-refractivity contribution in [3.8, 4) is 0 Å². The molecule has 0 atom stereocenters. The van der Waals surface area contributed by atoms with Gasteiger partial charge in [-0.1, -0.05) is 0 Å². The predicted octanol–water partition coefficient (Wildman–Crippen LogP) is 4.59. The van der Waals surface area contributed by atoms with Gasteiger partial charge in [0.2, 0.25) is 0 Å². The zero-order chi connectivity index (χ0) is 19.6. The maximum absolute atomic E-state index is 12.7. The lowest BCUT2D eigenvalue weighted by Gasteiger charge is -2.08. The summed E-state index contributed by atoms with van der Waals surface area (Å²) in [6.07, 6.45) is -2.11. The second-order valence-corrected chi connectivity index (χ2v) is 7.03. The number of carbonyl (C=O) groups is 1.